The Balaban J connectivity index is 1.75. The van der Waals surface area contributed by atoms with Gasteiger partial charge in [-0.05, 0) is 87.5 Å². The second-order valence-corrected chi connectivity index (χ2v) is 10.7. The van der Waals surface area contributed by atoms with Crippen LogP contribution in [0.5, 0.6) is 0 Å². The van der Waals surface area contributed by atoms with Crippen molar-refractivity contribution in [2.45, 2.75) is 59.7 Å². The third-order valence-corrected chi connectivity index (χ3v) is 6.54. The fraction of sp³-hybridized carbons (Fsp3) is 0.346. The number of hydrogen-bond acceptors (Lipinski definition) is 7. The smallest absolute Gasteiger partial charge is 0.251 e. The van der Waals surface area contributed by atoms with Gasteiger partial charge in [0.05, 0.1) is 0 Å². The predicted molar refractivity (Wildman–Crippen MR) is 139 cm³/mol. The number of aromatic nitrogens is 4. The van der Waals surface area contributed by atoms with E-state index in [1.165, 1.54) is 16.1 Å². The summed E-state index contributed by atoms with van der Waals surface area (Å²) in [5, 5.41) is 17.4. The van der Waals surface area contributed by atoms with Crippen LogP contribution in [0.3, 0.4) is 0 Å². The van der Waals surface area contributed by atoms with E-state index in [4.69, 9.17) is 4.42 Å². The molecular formula is C26H30N6O3S. The predicted octanol–water partition coefficient (Wildman–Crippen LogP) is 4.61. The summed E-state index contributed by atoms with van der Waals surface area (Å²) in [6.45, 7) is 11.3. The topological polar surface area (TPSA) is 106 Å². The SMILES string of the molecule is Cc1ccc(-c2nnn(CC(=O)N(c3cccc(C)c3C)[C@H](C(=O)NC(C)(C)C)c3cccs3)n2)o1. The van der Waals surface area contributed by atoms with Gasteiger partial charge in [-0.25, -0.2) is 0 Å². The van der Waals surface area contributed by atoms with E-state index in [1.54, 1.807) is 11.0 Å². The molecule has 0 aliphatic carbocycles. The number of amides is 2. The Kier molecular flexibility index (Phi) is 7.07. The Morgan fingerprint density at radius 3 is 2.53 bits per heavy atom. The molecule has 0 saturated carbocycles. The minimum absolute atomic E-state index is 0.204. The molecule has 10 heteroatoms. The summed E-state index contributed by atoms with van der Waals surface area (Å²) >= 11 is 1.43. The van der Waals surface area contributed by atoms with Gasteiger partial charge in [-0.2, -0.15) is 4.80 Å². The Hall–Kier alpha value is -3.79. The summed E-state index contributed by atoms with van der Waals surface area (Å²) < 4.78 is 5.57. The molecule has 1 N–H and O–H groups in total. The van der Waals surface area contributed by atoms with Crippen LogP contribution in [0.4, 0.5) is 5.69 Å². The van der Waals surface area contributed by atoms with Crippen LogP contribution in [0.15, 0.2) is 52.3 Å². The molecule has 4 aromatic rings. The number of thiophene rings is 1. The Labute approximate surface area is 214 Å². The van der Waals surface area contributed by atoms with Crippen LogP contribution in [0.25, 0.3) is 11.6 Å². The van der Waals surface area contributed by atoms with Crippen molar-refractivity contribution in [1.82, 2.24) is 25.5 Å². The monoisotopic (exact) mass is 506 g/mol. The lowest BCUT2D eigenvalue weighted by molar-refractivity contribution is -0.128. The van der Waals surface area contributed by atoms with E-state index in [1.807, 2.05) is 83.3 Å². The van der Waals surface area contributed by atoms with E-state index < -0.39 is 11.6 Å². The number of furan rings is 1. The lowest BCUT2D eigenvalue weighted by atomic mass is 10.0. The van der Waals surface area contributed by atoms with Gasteiger partial charge in [-0.1, -0.05) is 18.2 Å². The van der Waals surface area contributed by atoms with Crippen LogP contribution in [0, 0.1) is 20.8 Å². The first-order valence-electron chi connectivity index (χ1n) is 11.6. The molecule has 1 aromatic carbocycles. The van der Waals surface area contributed by atoms with Crippen LogP contribution in [0.1, 0.15) is 48.6 Å². The fourth-order valence-electron chi connectivity index (χ4n) is 3.83. The second-order valence-electron chi connectivity index (χ2n) is 9.69. The highest BCUT2D eigenvalue weighted by atomic mass is 32.1. The number of carbonyl (C=O) groups excluding carboxylic acids is 2. The number of tetrazole rings is 1. The lowest BCUT2D eigenvalue weighted by Crippen LogP contribution is -2.50. The van der Waals surface area contributed by atoms with Crippen molar-refractivity contribution in [3.8, 4) is 11.6 Å². The Bertz CT molecular complexity index is 1370. The zero-order chi connectivity index (χ0) is 26.0. The molecule has 2 amide bonds. The highest BCUT2D eigenvalue weighted by Crippen LogP contribution is 2.34. The van der Waals surface area contributed by atoms with Crippen molar-refractivity contribution in [3.05, 3.63) is 69.6 Å². The van der Waals surface area contributed by atoms with E-state index in [-0.39, 0.29) is 24.2 Å². The first-order valence-corrected chi connectivity index (χ1v) is 12.5. The van der Waals surface area contributed by atoms with E-state index in [0.717, 1.165) is 21.8 Å². The standard InChI is InChI=1S/C26H30N6O3S/c1-16-9-7-10-19(18(16)3)32(23(21-11-8-14-36-21)25(34)27-26(4,5)6)22(33)15-31-29-24(28-30-31)20-13-12-17(2)35-20/h7-14,23H,15H2,1-6H3,(H,27,34)/t23-/m0/s1. The van der Waals surface area contributed by atoms with Gasteiger partial charge in [-0.15, -0.1) is 21.5 Å². The summed E-state index contributed by atoms with van der Waals surface area (Å²) in [5.41, 5.74) is 2.10. The average molecular weight is 507 g/mol. The van der Waals surface area contributed by atoms with E-state index in [9.17, 15) is 9.59 Å². The maximum atomic E-state index is 13.9. The van der Waals surface area contributed by atoms with Gasteiger partial charge < -0.3 is 9.73 Å². The molecule has 3 aromatic heterocycles. The van der Waals surface area contributed by atoms with E-state index in [0.29, 0.717) is 11.4 Å². The molecule has 4 rings (SSSR count). The molecule has 0 bridgehead atoms. The highest BCUT2D eigenvalue weighted by Gasteiger charge is 2.36. The van der Waals surface area contributed by atoms with E-state index >= 15 is 0 Å². The molecule has 188 valence electrons. The maximum absolute atomic E-state index is 13.9. The van der Waals surface area contributed by atoms with Crippen LogP contribution in [-0.2, 0) is 16.1 Å². The molecule has 0 unspecified atom stereocenters. The van der Waals surface area contributed by atoms with Crippen LogP contribution < -0.4 is 10.2 Å². The molecule has 0 saturated heterocycles. The van der Waals surface area contributed by atoms with Crippen molar-refractivity contribution in [2.24, 2.45) is 0 Å². The lowest BCUT2D eigenvalue weighted by Gasteiger charge is -2.34. The van der Waals surface area contributed by atoms with Crippen molar-refractivity contribution in [1.29, 1.82) is 0 Å². The van der Waals surface area contributed by atoms with Gasteiger partial charge in [0.1, 0.15) is 18.3 Å². The van der Waals surface area contributed by atoms with Gasteiger partial charge in [-0.3, -0.25) is 14.5 Å². The summed E-state index contributed by atoms with van der Waals surface area (Å²) in [6, 6.07) is 12.2. The Morgan fingerprint density at radius 2 is 1.89 bits per heavy atom. The van der Waals surface area contributed by atoms with Crippen LogP contribution in [0.2, 0.25) is 0 Å². The molecule has 1 atom stereocenters. The van der Waals surface area contributed by atoms with Crippen molar-refractivity contribution >= 4 is 28.8 Å². The van der Waals surface area contributed by atoms with Gasteiger partial charge in [0.25, 0.3) is 5.91 Å². The van der Waals surface area contributed by atoms with Gasteiger partial charge >= 0.3 is 0 Å². The fourth-order valence-corrected chi connectivity index (χ4v) is 4.65. The number of benzene rings is 1. The highest BCUT2D eigenvalue weighted by molar-refractivity contribution is 7.10. The summed E-state index contributed by atoms with van der Waals surface area (Å²) in [7, 11) is 0. The zero-order valence-electron chi connectivity index (χ0n) is 21.3. The Morgan fingerprint density at radius 1 is 1.11 bits per heavy atom. The second kappa shape index (κ2) is 10.1. The third-order valence-electron chi connectivity index (χ3n) is 5.61. The molecular weight excluding hydrogens is 476 g/mol. The average Bonchev–Trinajstić information content (AvgIpc) is 3.55. The first-order chi connectivity index (χ1) is 17.0. The first kappa shape index (κ1) is 25.3. The molecule has 0 aliphatic rings. The summed E-state index contributed by atoms with van der Waals surface area (Å²) in [5.74, 6) is 0.874. The number of anilines is 1. The number of hydrogen-bond donors (Lipinski definition) is 1. The largest absolute Gasteiger partial charge is 0.458 e. The molecule has 0 spiro atoms. The number of nitrogens with zero attached hydrogens (tertiary/aromatic N) is 5. The third kappa shape index (κ3) is 5.54. The normalized spacial score (nSPS) is 12.4. The molecule has 3 heterocycles. The van der Waals surface area contributed by atoms with Gasteiger partial charge in [0.15, 0.2) is 5.76 Å². The summed E-state index contributed by atoms with van der Waals surface area (Å²) in [6.07, 6.45) is 0. The minimum Gasteiger partial charge on any atom is -0.458 e. The van der Waals surface area contributed by atoms with Gasteiger partial charge in [0.2, 0.25) is 11.7 Å². The number of carbonyl (C=O) groups is 2. The zero-order valence-corrected chi connectivity index (χ0v) is 22.1. The van der Waals surface area contributed by atoms with Crippen molar-refractivity contribution in [2.75, 3.05) is 4.90 Å². The maximum Gasteiger partial charge on any atom is 0.251 e. The van der Waals surface area contributed by atoms with E-state index in [2.05, 4.69) is 20.7 Å². The van der Waals surface area contributed by atoms with Crippen molar-refractivity contribution in [3.63, 3.8) is 0 Å². The minimum atomic E-state index is -0.868. The number of rotatable bonds is 7. The molecule has 36 heavy (non-hydrogen) atoms. The molecule has 9 nitrogen and oxygen atoms in total. The van der Waals surface area contributed by atoms with Gasteiger partial charge in [0, 0.05) is 16.1 Å². The number of nitrogens with one attached hydrogen (secondary N) is 1. The molecule has 0 radical (unpaired) electrons. The van der Waals surface area contributed by atoms with Crippen LogP contribution in [-0.4, -0.2) is 37.6 Å². The van der Waals surface area contributed by atoms with Crippen molar-refractivity contribution < 1.29 is 14.0 Å². The van der Waals surface area contributed by atoms with Crippen LogP contribution >= 0.6 is 11.3 Å². The molecule has 0 fully saturated rings. The summed E-state index contributed by atoms with van der Waals surface area (Å²) in [4.78, 5) is 31.1. The number of aryl methyl sites for hydroxylation is 2. The molecule has 0 aliphatic heterocycles. The quantitative estimate of drug-likeness (QED) is 0.392.